The molecule has 0 bridgehead atoms. The van der Waals surface area contributed by atoms with Crippen LogP contribution in [0.1, 0.15) is 62.5 Å². The summed E-state index contributed by atoms with van der Waals surface area (Å²) in [6.07, 6.45) is 8.54. The van der Waals surface area contributed by atoms with Crippen LogP contribution >= 0.6 is 31.9 Å². The lowest BCUT2D eigenvalue weighted by molar-refractivity contribution is -0.141. The molecule has 0 aromatic heterocycles. The van der Waals surface area contributed by atoms with Crippen LogP contribution in [0, 0.1) is 11.8 Å². The maximum atomic E-state index is 11.8. The third-order valence-corrected chi connectivity index (χ3v) is 6.90. The minimum atomic E-state index is -0.609. The van der Waals surface area contributed by atoms with Crippen LogP contribution in [-0.4, -0.2) is 17.0 Å². The van der Waals surface area contributed by atoms with Crippen LogP contribution in [-0.2, 0) is 22.7 Å². The summed E-state index contributed by atoms with van der Waals surface area (Å²) in [7, 11) is 0. The number of aliphatic carboxylic acids is 1. The van der Waals surface area contributed by atoms with Gasteiger partial charge in [0.25, 0.3) is 0 Å². The molecular formula is C26H34Br2N2O3. The lowest BCUT2D eigenvalue weighted by Gasteiger charge is -2.10. The molecule has 7 heteroatoms. The Morgan fingerprint density at radius 3 is 1.76 bits per heavy atom. The minimum Gasteiger partial charge on any atom is -0.481 e. The first-order chi connectivity index (χ1) is 15.9. The van der Waals surface area contributed by atoms with Gasteiger partial charge in [0, 0.05) is 28.0 Å². The Hall–Kier alpha value is -1.70. The molecule has 0 spiro atoms. The number of hydrogen-bond acceptors (Lipinski definition) is 3. The van der Waals surface area contributed by atoms with Crippen molar-refractivity contribution in [2.75, 3.05) is 0 Å². The molecule has 0 unspecified atom stereocenters. The number of carboxylic acids is 1. The van der Waals surface area contributed by atoms with Crippen LogP contribution in [0.2, 0.25) is 0 Å². The topological polar surface area (TPSA) is 92.4 Å². The van der Waals surface area contributed by atoms with Crippen molar-refractivity contribution in [2.45, 2.75) is 64.5 Å². The molecule has 2 aliphatic rings. The molecule has 0 saturated heterocycles. The number of carbonyl (C=O) groups excluding carboxylic acids is 1. The predicted octanol–water partition coefficient (Wildman–Crippen LogP) is 6.42. The zero-order chi connectivity index (χ0) is 24.1. The standard InChI is InChI=1S/C13H16BrNO.C7H8BrN.C6H10O2/c14-12-7-3-4-10(8-12)9-15-13(16)11-5-1-2-6-11;8-7-3-1-2-6(4-7)5-9;7-6(8)5-3-1-2-4-5/h3-4,7-8,11H,1-2,5-6,9H2,(H,15,16);1-4H,5,9H2;5H,1-4H2,(H,7,8). The Bertz CT molecular complexity index is 879. The second kappa shape index (κ2) is 15.3. The first kappa shape index (κ1) is 27.5. The van der Waals surface area contributed by atoms with E-state index < -0.39 is 5.97 Å². The van der Waals surface area contributed by atoms with Crippen molar-refractivity contribution in [3.63, 3.8) is 0 Å². The molecule has 0 radical (unpaired) electrons. The molecule has 2 saturated carbocycles. The molecule has 1 amide bonds. The van der Waals surface area contributed by atoms with E-state index in [1.807, 2.05) is 48.5 Å². The van der Waals surface area contributed by atoms with E-state index in [9.17, 15) is 9.59 Å². The van der Waals surface area contributed by atoms with Crippen molar-refractivity contribution in [3.05, 3.63) is 68.6 Å². The first-order valence-electron chi connectivity index (χ1n) is 11.6. The number of carbonyl (C=O) groups is 2. The van der Waals surface area contributed by atoms with Gasteiger partial charge >= 0.3 is 5.97 Å². The van der Waals surface area contributed by atoms with Crippen LogP contribution in [0.4, 0.5) is 0 Å². The van der Waals surface area contributed by atoms with Crippen molar-refractivity contribution < 1.29 is 14.7 Å². The highest BCUT2D eigenvalue weighted by atomic mass is 79.9. The van der Waals surface area contributed by atoms with Crippen LogP contribution in [0.5, 0.6) is 0 Å². The lowest BCUT2D eigenvalue weighted by atomic mass is 10.1. The molecule has 180 valence electrons. The van der Waals surface area contributed by atoms with Crippen LogP contribution < -0.4 is 11.1 Å². The normalized spacial score (nSPS) is 15.7. The molecule has 2 fully saturated rings. The van der Waals surface area contributed by atoms with E-state index >= 15 is 0 Å². The molecule has 5 nitrogen and oxygen atoms in total. The van der Waals surface area contributed by atoms with Crippen LogP contribution in [0.3, 0.4) is 0 Å². The number of nitrogens with one attached hydrogen (secondary N) is 1. The molecule has 2 aromatic rings. The van der Waals surface area contributed by atoms with Crippen molar-refractivity contribution >= 4 is 43.7 Å². The fraction of sp³-hybridized carbons (Fsp3) is 0.462. The van der Waals surface area contributed by atoms with E-state index in [1.165, 1.54) is 12.8 Å². The average molecular weight is 582 g/mol. The number of benzene rings is 2. The van der Waals surface area contributed by atoms with E-state index in [0.717, 1.165) is 58.6 Å². The molecular weight excluding hydrogens is 548 g/mol. The summed E-state index contributed by atoms with van der Waals surface area (Å²) in [6, 6.07) is 16.0. The average Bonchev–Trinajstić information content (AvgIpc) is 3.53. The smallest absolute Gasteiger partial charge is 0.306 e. The van der Waals surface area contributed by atoms with Gasteiger partial charge in [-0.25, -0.2) is 0 Å². The zero-order valence-electron chi connectivity index (χ0n) is 18.9. The van der Waals surface area contributed by atoms with Crippen molar-refractivity contribution in [3.8, 4) is 0 Å². The van der Waals surface area contributed by atoms with Gasteiger partial charge < -0.3 is 16.2 Å². The number of rotatable bonds is 5. The summed E-state index contributed by atoms with van der Waals surface area (Å²) in [5.41, 5.74) is 7.69. The minimum absolute atomic E-state index is 0.0185. The van der Waals surface area contributed by atoms with Gasteiger partial charge in [-0.05, 0) is 61.1 Å². The number of nitrogens with two attached hydrogens (primary N) is 1. The molecule has 33 heavy (non-hydrogen) atoms. The highest BCUT2D eigenvalue weighted by molar-refractivity contribution is 9.10. The van der Waals surface area contributed by atoms with E-state index in [4.69, 9.17) is 10.8 Å². The van der Waals surface area contributed by atoms with Crippen LogP contribution in [0.15, 0.2) is 57.5 Å². The third-order valence-electron chi connectivity index (χ3n) is 5.91. The van der Waals surface area contributed by atoms with Crippen molar-refractivity contribution in [2.24, 2.45) is 17.6 Å². The number of amides is 1. The number of hydrogen-bond donors (Lipinski definition) is 3. The highest BCUT2D eigenvalue weighted by Gasteiger charge is 2.22. The second-order valence-corrected chi connectivity index (χ2v) is 10.3. The molecule has 0 atom stereocenters. The highest BCUT2D eigenvalue weighted by Crippen LogP contribution is 2.25. The van der Waals surface area contributed by atoms with Gasteiger partial charge in [0.1, 0.15) is 0 Å². The third kappa shape index (κ3) is 10.8. The van der Waals surface area contributed by atoms with E-state index in [0.29, 0.717) is 13.1 Å². The fourth-order valence-corrected chi connectivity index (χ4v) is 4.90. The molecule has 2 aromatic carbocycles. The Morgan fingerprint density at radius 1 is 0.848 bits per heavy atom. The number of carboxylic acid groups (broad SMARTS) is 1. The molecule has 0 heterocycles. The van der Waals surface area contributed by atoms with Gasteiger partial charge in [0.15, 0.2) is 0 Å². The fourth-order valence-electron chi connectivity index (χ4n) is 4.01. The van der Waals surface area contributed by atoms with Gasteiger partial charge in [-0.3, -0.25) is 9.59 Å². The Morgan fingerprint density at radius 2 is 1.33 bits per heavy atom. The summed E-state index contributed by atoms with van der Waals surface area (Å²) in [6.45, 7) is 1.24. The molecule has 4 N–H and O–H groups in total. The van der Waals surface area contributed by atoms with Crippen LogP contribution in [0.25, 0.3) is 0 Å². The first-order valence-corrected chi connectivity index (χ1v) is 13.2. The quantitative estimate of drug-likeness (QED) is 0.379. The van der Waals surface area contributed by atoms with E-state index in [1.54, 1.807) is 0 Å². The Kier molecular flexibility index (Phi) is 12.7. The molecule has 0 aliphatic heterocycles. The maximum Gasteiger partial charge on any atom is 0.306 e. The van der Waals surface area contributed by atoms with Gasteiger partial charge in [-0.1, -0.05) is 81.8 Å². The molecule has 4 rings (SSSR count). The summed E-state index contributed by atoms with van der Waals surface area (Å²) < 4.78 is 2.14. The molecule has 2 aliphatic carbocycles. The Balaban J connectivity index is 0.000000192. The summed E-state index contributed by atoms with van der Waals surface area (Å²) in [5, 5.41) is 11.4. The number of halogens is 2. The largest absolute Gasteiger partial charge is 0.481 e. The SMILES string of the molecule is NCc1cccc(Br)c1.O=C(NCc1cccc(Br)c1)C1CCCC1.O=C(O)C1CCCC1. The monoisotopic (exact) mass is 580 g/mol. The summed E-state index contributed by atoms with van der Waals surface area (Å²) >= 11 is 6.77. The maximum absolute atomic E-state index is 11.8. The summed E-state index contributed by atoms with van der Waals surface area (Å²) in [5.74, 6) is -0.151. The van der Waals surface area contributed by atoms with Gasteiger partial charge in [0.05, 0.1) is 5.92 Å². The Labute approximate surface area is 213 Å². The predicted molar refractivity (Wildman–Crippen MR) is 140 cm³/mol. The van der Waals surface area contributed by atoms with E-state index in [2.05, 4.69) is 37.2 Å². The van der Waals surface area contributed by atoms with Crippen molar-refractivity contribution in [1.82, 2.24) is 5.32 Å². The van der Waals surface area contributed by atoms with Gasteiger partial charge in [0.2, 0.25) is 5.91 Å². The van der Waals surface area contributed by atoms with E-state index in [-0.39, 0.29) is 17.7 Å². The van der Waals surface area contributed by atoms with Gasteiger partial charge in [-0.2, -0.15) is 0 Å². The second-order valence-electron chi connectivity index (χ2n) is 8.48. The lowest BCUT2D eigenvalue weighted by Crippen LogP contribution is -2.28. The summed E-state index contributed by atoms with van der Waals surface area (Å²) in [4.78, 5) is 22.0. The zero-order valence-corrected chi connectivity index (χ0v) is 22.1. The van der Waals surface area contributed by atoms with Gasteiger partial charge in [-0.15, -0.1) is 0 Å². The van der Waals surface area contributed by atoms with Crippen molar-refractivity contribution in [1.29, 1.82) is 0 Å².